The third-order valence-electron chi connectivity index (χ3n) is 4.33. The molecule has 29 heavy (non-hydrogen) atoms. The van der Waals surface area contributed by atoms with Gasteiger partial charge in [-0.15, -0.1) is 0 Å². The summed E-state index contributed by atoms with van der Waals surface area (Å²) in [5, 5.41) is 2.75. The Morgan fingerprint density at radius 1 is 1.10 bits per heavy atom. The van der Waals surface area contributed by atoms with Crippen LogP contribution in [0.5, 0.6) is 17.2 Å². The third kappa shape index (κ3) is 5.18. The fourth-order valence-corrected chi connectivity index (χ4v) is 4.10. The number of amides is 1. The fraction of sp³-hybridized carbons (Fsp3) is 0.350. The van der Waals surface area contributed by atoms with Crippen LogP contribution >= 0.6 is 0 Å². The molecule has 1 aliphatic rings. The van der Waals surface area contributed by atoms with Crippen LogP contribution in [-0.4, -0.2) is 34.3 Å². The van der Waals surface area contributed by atoms with Crippen molar-refractivity contribution < 1.29 is 27.4 Å². The summed E-state index contributed by atoms with van der Waals surface area (Å²) in [7, 11) is -2.39. The summed E-state index contributed by atoms with van der Waals surface area (Å²) in [4.78, 5) is 12.9. The molecule has 0 unspecified atom stereocenters. The second-order valence-electron chi connectivity index (χ2n) is 7.04. The molecule has 2 aromatic carbocycles. The van der Waals surface area contributed by atoms with Crippen molar-refractivity contribution in [2.45, 2.75) is 31.2 Å². The average Bonchev–Trinajstić information content (AvgIpc) is 3.15. The number of ether oxygens (including phenoxy) is 3. The molecular formula is C20H24N2O6S. The van der Waals surface area contributed by atoms with E-state index < -0.39 is 22.0 Å². The number of fused-ring (bicyclic) bond motifs is 1. The Kier molecular flexibility index (Phi) is 6.29. The number of anilines is 1. The third-order valence-corrected chi connectivity index (χ3v) is 5.82. The van der Waals surface area contributed by atoms with Crippen LogP contribution in [-0.2, 0) is 14.8 Å². The maximum Gasteiger partial charge on any atom is 0.242 e. The quantitative estimate of drug-likeness (QED) is 0.681. The van der Waals surface area contributed by atoms with Crippen molar-refractivity contribution in [2.24, 2.45) is 5.92 Å². The van der Waals surface area contributed by atoms with Crippen LogP contribution in [0.15, 0.2) is 47.4 Å². The maximum absolute atomic E-state index is 12.8. The van der Waals surface area contributed by atoms with Gasteiger partial charge in [-0.2, -0.15) is 4.72 Å². The molecule has 0 aliphatic carbocycles. The first-order valence-electron chi connectivity index (χ1n) is 9.15. The molecular weight excluding hydrogens is 396 g/mol. The zero-order valence-electron chi connectivity index (χ0n) is 16.5. The number of rotatable bonds is 8. The van der Waals surface area contributed by atoms with Crippen molar-refractivity contribution in [3.63, 3.8) is 0 Å². The Bertz CT molecular complexity index is 973. The standard InChI is InChI=1S/C20H24N2O6S/c1-13(2)10-17(22-29(24,25)16-7-5-15(26-3)6-8-16)20(23)21-14-4-9-18-19(11-14)28-12-27-18/h4-9,11,13,17,22H,10,12H2,1-3H3,(H,21,23)/t17-/m1/s1. The first-order valence-corrected chi connectivity index (χ1v) is 10.6. The Morgan fingerprint density at radius 2 is 1.79 bits per heavy atom. The van der Waals surface area contributed by atoms with Crippen molar-refractivity contribution in [2.75, 3.05) is 19.2 Å². The molecule has 8 nitrogen and oxygen atoms in total. The minimum atomic E-state index is -3.89. The van der Waals surface area contributed by atoms with Gasteiger partial charge in [0, 0.05) is 11.8 Å². The summed E-state index contributed by atoms with van der Waals surface area (Å²) in [6, 6.07) is 10.1. The molecule has 0 radical (unpaired) electrons. The van der Waals surface area contributed by atoms with E-state index in [0.29, 0.717) is 29.4 Å². The van der Waals surface area contributed by atoms with E-state index in [9.17, 15) is 13.2 Å². The van der Waals surface area contributed by atoms with Crippen LogP contribution < -0.4 is 24.2 Å². The number of nitrogens with one attached hydrogen (secondary N) is 2. The van der Waals surface area contributed by atoms with E-state index in [1.807, 2.05) is 13.8 Å². The summed E-state index contributed by atoms with van der Waals surface area (Å²) >= 11 is 0. The first-order chi connectivity index (χ1) is 13.8. The highest BCUT2D eigenvalue weighted by Crippen LogP contribution is 2.34. The highest BCUT2D eigenvalue weighted by Gasteiger charge is 2.27. The molecule has 2 aromatic rings. The van der Waals surface area contributed by atoms with Crippen LogP contribution in [0.1, 0.15) is 20.3 Å². The summed E-state index contributed by atoms with van der Waals surface area (Å²) in [6.07, 6.45) is 0.339. The number of carbonyl (C=O) groups is 1. The molecule has 0 spiro atoms. The lowest BCUT2D eigenvalue weighted by Crippen LogP contribution is -2.44. The van der Waals surface area contributed by atoms with Gasteiger partial charge >= 0.3 is 0 Å². The van der Waals surface area contributed by atoms with Crippen LogP contribution in [0.2, 0.25) is 0 Å². The van der Waals surface area contributed by atoms with E-state index in [4.69, 9.17) is 14.2 Å². The van der Waals surface area contributed by atoms with Gasteiger partial charge in [0.1, 0.15) is 11.8 Å². The molecule has 1 aliphatic heterocycles. The SMILES string of the molecule is COc1ccc(S(=O)(=O)N[C@H](CC(C)C)C(=O)Nc2ccc3c(c2)OCO3)cc1. The van der Waals surface area contributed by atoms with Gasteiger partial charge in [-0.3, -0.25) is 4.79 Å². The lowest BCUT2D eigenvalue weighted by molar-refractivity contribution is -0.118. The summed E-state index contributed by atoms with van der Waals surface area (Å²) in [5.74, 6) is 1.32. The zero-order chi connectivity index (χ0) is 21.0. The molecule has 0 aromatic heterocycles. The highest BCUT2D eigenvalue weighted by atomic mass is 32.2. The van der Waals surface area contributed by atoms with Gasteiger partial charge in [0.15, 0.2) is 11.5 Å². The van der Waals surface area contributed by atoms with Crippen molar-refractivity contribution in [3.05, 3.63) is 42.5 Å². The van der Waals surface area contributed by atoms with Crippen molar-refractivity contribution >= 4 is 21.6 Å². The second kappa shape index (κ2) is 8.71. The molecule has 2 N–H and O–H groups in total. The molecule has 0 fully saturated rings. The van der Waals surface area contributed by atoms with E-state index >= 15 is 0 Å². The minimum Gasteiger partial charge on any atom is -0.497 e. The monoisotopic (exact) mass is 420 g/mol. The van der Waals surface area contributed by atoms with E-state index in [-0.39, 0.29) is 17.6 Å². The Morgan fingerprint density at radius 3 is 2.45 bits per heavy atom. The Hall–Kier alpha value is -2.78. The normalized spacial score (nSPS) is 13.9. The molecule has 0 bridgehead atoms. The van der Waals surface area contributed by atoms with Crippen LogP contribution in [0, 0.1) is 5.92 Å². The van der Waals surface area contributed by atoms with Gasteiger partial charge < -0.3 is 19.5 Å². The van der Waals surface area contributed by atoms with Crippen molar-refractivity contribution in [1.82, 2.24) is 4.72 Å². The van der Waals surface area contributed by atoms with Gasteiger partial charge in [0.2, 0.25) is 22.7 Å². The molecule has 0 saturated heterocycles. The lowest BCUT2D eigenvalue weighted by atomic mass is 10.0. The predicted molar refractivity (Wildman–Crippen MR) is 108 cm³/mol. The van der Waals surface area contributed by atoms with Gasteiger partial charge in [-0.25, -0.2) is 8.42 Å². The zero-order valence-corrected chi connectivity index (χ0v) is 17.3. The number of hydrogen-bond acceptors (Lipinski definition) is 6. The molecule has 156 valence electrons. The molecule has 1 heterocycles. The van der Waals surface area contributed by atoms with Gasteiger partial charge in [-0.05, 0) is 48.7 Å². The van der Waals surface area contributed by atoms with Crippen molar-refractivity contribution in [1.29, 1.82) is 0 Å². The largest absolute Gasteiger partial charge is 0.497 e. The lowest BCUT2D eigenvalue weighted by Gasteiger charge is -2.20. The summed E-state index contributed by atoms with van der Waals surface area (Å²) < 4.78 is 43.7. The minimum absolute atomic E-state index is 0.0583. The van der Waals surface area contributed by atoms with Crippen LogP contribution in [0.4, 0.5) is 5.69 Å². The predicted octanol–water partition coefficient (Wildman–Crippen LogP) is 2.76. The first kappa shape index (κ1) is 20.9. The number of hydrogen-bond donors (Lipinski definition) is 2. The summed E-state index contributed by atoms with van der Waals surface area (Å²) in [6.45, 7) is 3.97. The van der Waals surface area contributed by atoms with E-state index in [2.05, 4.69) is 10.0 Å². The van der Waals surface area contributed by atoms with Gasteiger partial charge in [-0.1, -0.05) is 13.8 Å². The van der Waals surface area contributed by atoms with E-state index in [1.54, 1.807) is 30.3 Å². The number of benzene rings is 2. The number of sulfonamides is 1. The van der Waals surface area contributed by atoms with Crippen molar-refractivity contribution in [3.8, 4) is 17.2 Å². The van der Waals surface area contributed by atoms with Crippen LogP contribution in [0.25, 0.3) is 0 Å². The topological polar surface area (TPSA) is 103 Å². The summed E-state index contributed by atoms with van der Waals surface area (Å²) in [5.41, 5.74) is 0.497. The smallest absolute Gasteiger partial charge is 0.242 e. The Balaban J connectivity index is 1.76. The number of methoxy groups -OCH3 is 1. The fourth-order valence-electron chi connectivity index (χ4n) is 2.89. The highest BCUT2D eigenvalue weighted by molar-refractivity contribution is 7.89. The molecule has 3 rings (SSSR count). The number of carbonyl (C=O) groups excluding carboxylic acids is 1. The second-order valence-corrected chi connectivity index (χ2v) is 8.75. The van der Waals surface area contributed by atoms with Gasteiger partial charge in [0.25, 0.3) is 0 Å². The molecule has 1 atom stereocenters. The van der Waals surface area contributed by atoms with Gasteiger partial charge in [0.05, 0.1) is 12.0 Å². The van der Waals surface area contributed by atoms with Crippen LogP contribution in [0.3, 0.4) is 0 Å². The van der Waals surface area contributed by atoms with E-state index in [1.165, 1.54) is 19.2 Å². The Labute approximate surface area is 170 Å². The maximum atomic E-state index is 12.8. The average molecular weight is 420 g/mol. The molecule has 0 saturated carbocycles. The van der Waals surface area contributed by atoms with E-state index in [0.717, 1.165) is 0 Å². The molecule has 1 amide bonds. The molecule has 9 heteroatoms.